The van der Waals surface area contributed by atoms with Gasteiger partial charge in [0.25, 0.3) is 5.91 Å². The summed E-state index contributed by atoms with van der Waals surface area (Å²) in [4.78, 5) is 23.8. The topological polar surface area (TPSA) is 85.8 Å². The number of morpholine rings is 1. The van der Waals surface area contributed by atoms with Gasteiger partial charge in [-0.25, -0.2) is 9.97 Å². The first-order valence-electron chi connectivity index (χ1n) is 10.3. The highest BCUT2D eigenvalue weighted by atomic mass is 19.4. The Hall–Kier alpha value is -3.66. The number of amides is 1. The lowest BCUT2D eigenvalue weighted by atomic mass is 10.00. The third kappa shape index (κ3) is 3.66. The van der Waals surface area contributed by atoms with Gasteiger partial charge in [0, 0.05) is 12.1 Å². The number of nitrogen functional groups attached to an aromatic ring is 1. The smallest absolute Gasteiger partial charge is 0.382 e. The van der Waals surface area contributed by atoms with E-state index in [1.165, 1.54) is 12.1 Å². The minimum absolute atomic E-state index is 0.202. The van der Waals surface area contributed by atoms with Crippen molar-refractivity contribution >= 4 is 28.3 Å². The Labute approximate surface area is 186 Å². The van der Waals surface area contributed by atoms with Gasteiger partial charge >= 0.3 is 6.18 Å². The summed E-state index contributed by atoms with van der Waals surface area (Å²) in [5.41, 5.74) is 9.02. The number of hydrogen-bond donors (Lipinski definition) is 1. The van der Waals surface area contributed by atoms with E-state index in [-0.39, 0.29) is 12.5 Å². The largest absolute Gasteiger partial charge is 0.416 e. The summed E-state index contributed by atoms with van der Waals surface area (Å²) in [5, 5.41) is 0. The van der Waals surface area contributed by atoms with Crippen molar-refractivity contribution in [2.75, 3.05) is 25.5 Å². The number of carbonyl (C=O) groups is 1. The third-order valence-electron chi connectivity index (χ3n) is 5.97. The molecule has 7 nitrogen and oxygen atoms in total. The van der Waals surface area contributed by atoms with Gasteiger partial charge < -0.3 is 15.4 Å². The van der Waals surface area contributed by atoms with Crippen LogP contribution in [0, 0.1) is 6.92 Å². The van der Waals surface area contributed by atoms with Crippen molar-refractivity contribution < 1.29 is 22.7 Å². The Bertz CT molecular complexity index is 1360. The van der Waals surface area contributed by atoms with Crippen LogP contribution in [0.1, 0.15) is 33.1 Å². The molecule has 1 atom stereocenters. The number of fused-ring (bicyclic) bond motifs is 3. The minimum Gasteiger partial charge on any atom is -0.382 e. The molecule has 1 saturated heterocycles. The van der Waals surface area contributed by atoms with Crippen LogP contribution >= 0.6 is 0 Å². The number of nitrogens with two attached hydrogens (primary N) is 1. The molecule has 0 saturated carbocycles. The first-order chi connectivity index (χ1) is 15.7. The summed E-state index contributed by atoms with van der Waals surface area (Å²) in [7, 11) is 0. The molecular formula is C23H20F3N5O2. The fraction of sp³-hybridized carbons (Fsp3) is 0.261. The first kappa shape index (κ1) is 21.2. The molecule has 1 aliphatic heterocycles. The van der Waals surface area contributed by atoms with E-state index in [1.54, 1.807) is 34.0 Å². The maximum absolute atomic E-state index is 13.6. The number of halogens is 3. The third-order valence-corrected chi connectivity index (χ3v) is 5.97. The SMILES string of the molecule is Cc1cc2nc(N)c3cncn3c2cc1C(=O)N1CCOCC1c1ccc(C(F)(F)F)cc1. The van der Waals surface area contributed by atoms with E-state index in [9.17, 15) is 18.0 Å². The number of imidazole rings is 1. The van der Waals surface area contributed by atoms with Crippen molar-refractivity contribution in [3.8, 4) is 0 Å². The van der Waals surface area contributed by atoms with Crippen LogP contribution in [0.25, 0.3) is 16.6 Å². The molecule has 5 rings (SSSR count). The fourth-order valence-electron chi connectivity index (χ4n) is 4.23. The fourth-order valence-corrected chi connectivity index (χ4v) is 4.23. The van der Waals surface area contributed by atoms with Gasteiger partial charge in [0.1, 0.15) is 11.3 Å². The van der Waals surface area contributed by atoms with Crippen LogP contribution in [0.15, 0.2) is 48.9 Å². The second-order valence-corrected chi connectivity index (χ2v) is 8.01. The van der Waals surface area contributed by atoms with Crippen LogP contribution in [0.2, 0.25) is 0 Å². The number of alkyl halides is 3. The number of hydrogen-bond acceptors (Lipinski definition) is 5. The maximum Gasteiger partial charge on any atom is 0.416 e. The first-order valence-corrected chi connectivity index (χ1v) is 10.3. The number of aryl methyl sites for hydroxylation is 1. The Kier molecular flexibility index (Phi) is 4.97. The summed E-state index contributed by atoms with van der Waals surface area (Å²) >= 11 is 0. The number of benzene rings is 2. The molecule has 2 aromatic carbocycles. The van der Waals surface area contributed by atoms with Gasteiger partial charge in [-0.15, -0.1) is 0 Å². The van der Waals surface area contributed by atoms with E-state index < -0.39 is 17.8 Å². The molecular weight excluding hydrogens is 435 g/mol. The zero-order chi connectivity index (χ0) is 23.3. The molecule has 170 valence electrons. The predicted octanol–water partition coefficient (Wildman–Crippen LogP) is 4.01. The molecule has 0 bridgehead atoms. The van der Waals surface area contributed by atoms with Crippen LogP contribution in [0.4, 0.5) is 19.0 Å². The van der Waals surface area contributed by atoms with Crippen LogP contribution in [0.3, 0.4) is 0 Å². The molecule has 0 spiro atoms. The minimum atomic E-state index is -4.42. The highest BCUT2D eigenvalue weighted by Gasteiger charge is 2.33. The Balaban J connectivity index is 1.54. The lowest BCUT2D eigenvalue weighted by Gasteiger charge is -2.36. The van der Waals surface area contributed by atoms with Gasteiger partial charge in [-0.2, -0.15) is 13.2 Å². The average molecular weight is 455 g/mol. The van der Waals surface area contributed by atoms with Crippen molar-refractivity contribution in [1.29, 1.82) is 0 Å². The van der Waals surface area contributed by atoms with E-state index >= 15 is 0 Å². The molecule has 3 heterocycles. The number of ether oxygens (including phenoxy) is 1. The maximum atomic E-state index is 13.6. The lowest BCUT2D eigenvalue weighted by molar-refractivity contribution is -0.137. The summed E-state index contributed by atoms with van der Waals surface area (Å²) in [6.07, 6.45) is -1.21. The summed E-state index contributed by atoms with van der Waals surface area (Å²) in [5.74, 6) is 0.113. The number of rotatable bonds is 2. The van der Waals surface area contributed by atoms with Crippen molar-refractivity contribution in [3.63, 3.8) is 0 Å². The van der Waals surface area contributed by atoms with Crippen molar-refractivity contribution in [3.05, 3.63) is 71.2 Å². The van der Waals surface area contributed by atoms with Crippen molar-refractivity contribution in [1.82, 2.24) is 19.3 Å². The van der Waals surface area contributed by atoms with Gasteiger partial charge in [-0.1, -0.05) is 12.1 Å². The van der Waals surface area contributed by atoms with Crippen LogP contribution in [-0.2, 0) is 10.9 Å². The monoisotopic (exact) mass is 455 g/mol. The Morgan fingerprint density at radius 2 is 1.94 bits per heavy atom. The molecule has 1 unspecified atom stereocenters. The molecule has 1 aliphatic rings. The van der Waals surface area contributed by atoms with Crippen LogP contribution < -0.4 is 5.73 Å². The molecule has 2 aromatic heterocycles. The van der Waals surface area contributed by atoms with E-state index in [2.05, 4.69) is 9.97 Å². The number of nitrogens with zero attached hydrogens (tertiary/aromatic N) is 4. The van der Waals surface area contributed by atoms with Crippen molar-refractivity contribution in [2.24, 2.45) is 0 Å². The molecule has 1 fully saturated rings. The quantitative estimate of drug-likeness (QED) is 0.494. The second kappa shape index (κ2) is 7.73. The van der Waals surface area contributed by atoms with Gasteiger partial charge in [0.15, 0.2) is 0 Å². The average Bonchev–Trinajstić information content (AvgIpc) is 3.29. The van der Waals surface area contributed by atoms with E-state index in [0.29, 0.717) is 46.6 Å². The Morgan fingerprint density at radius 3 is 2.67 bits per heavy atom. The van der Waals surface area contributed by atoms with Gasteiger partial charge in [0.2, 0.25) is 0 Å². The molecule has 4 aromatic rings. The summed E-state index contributed by atoms with van der Waals surface area (Å²) in [6.45, 7) is 2.69. The molecule has 10 heteroatoms. The molecule has 33 heavy (non-hydrogen) atoms. The molecule has 0 aliphatic carbocycles. The van der Waals surface area contributed by atoms with Gasteiger partial charge in [0.05, 0.1) is 48.4 Å². The highest BCUT2D eigenvalue weighted by Crippen LogP contribution is 2.33. The number of aromatic nitrogens is 3. The summed E-state index contributed by atoms with van der Waals surface area (Å²) < 4.78 is 46.2. The molecule has 1 amide bonds. The summed E-state index contributed by atoms with van der Waals surface area (Å²) in [6, 6.07) is 7.91. The van der Waals surface area contributed by atoms with Crippen LogP contribution in [0.5, 0.6) is 0 Å². The zero-order valence-electron chi connectivity index (χ0n) is 17.6. The second-order valence-electron chi connectivity index (χ2n) is 8.01. The zero-order valence-corrected chi connectivity index (χ0v) is 17.6. The highest BCUT2D eigenvalue weighted by molar-refractivity contribution is 6.00. The predicted molar refractivity (Wildman–Crippen MR) is 116 cm³/mol. The van der Waals surface area contributed by atoms with Gasteiger partial charge in [-0.05, 0) is 42.3 Å². The van der Waals surface area contributed by atoms with E-state index in [0.717, 1.165) is 17.7 Å². The normalized spacial score (nSPS) is 17.1. The molecule has 0 radical (unpaired) electrons. The van der Waals surface area contributed by atoms with Crippen LogP contribution in [-0.4, -0.2) is 44.9 Å². The Morgan fingerprint density at radius 1 is 1.18 bits per heavy atom. The van der Waals surface area contributed by atoms with Crippen molar-refractivity contribution in [2.45, 2.75) is 19.1 Å². The van der Waals surface area contributed by atoms with E-state index in [4.69, 9.17) is 10.5 Å². The number of carbonyl (C=O) groups excluding carboxylic acids is 1. The molecule has 2 N–H and O–H groups in total. The standard InChI is InChI=1S/C23H20F3N5O2/c1-13-8-17-18(31-12-28-10-19(31)21(27)29-17)9-16(13)22(32)30-6-7-33-11-20(30)14-2-4-15(5-3-14)23(24,25)26/h2-5,8-10,12,20H,6-7,11H2,1H3,(H2,27,29). The number of anilines is 1. The lowest BCUT2D eigenvalue weighted by Crippen LogP contribution is -2.43. The van der Waals surface area contributed by atoms with E-state index in [1.807, 2.05) is 6.92 Å². The van der Waals surface area contributed by atoms with Gasteiger partial charge in [-0.3, -0.25) is 9.20 Å².